The van der Waals surface area contributed by atoms with Crippen molar-refractivity contribution in [1.29, 1.82) is 0 Å². The standard InChI is InChI=1S/C13H24N6O2/c1-4-21-12-16-10(14)15-11(17-12)19-7-5-18(6-8-19)9-13(2,3)20/h20H,4-9H2,1-3H3,(H2,14,15,16,17). The van der Waals surface area contributed by atoms with Crippen molar-refractivity contribution in [2.75, 3.05) is 50.0 Å². The van der Waals surface area contributed by atoms with Gasteiger partial charge in [-0.15, -0.1) is 0 Å². The number of aromatic nitrogens is 3. The molecule has 3 N–H and O–H groups in total. The molecule has 0 spiro atoms. The fraction of sp³-hybridized carbons (Fsp3) is 0.769. The van der Waals surface area contributed by atoms with E-state index in [4.69, 9.17) is 10.5 Å². The zero-order valence-electron chi connectivity index (χ0n) is 12.9. The van der Waals surface area contributed by atoms with Gasteiger partial charge in [-0.2, -0.15) is 15.0 Å². The normalized spacial score (nSPS) is 17.0. The highest BCUT2D eigenvalue weighted by Crippen LogP contribution is 2.16. The average Bonchev–Trinajstić information content (AvgIpc) is 2.37. The van der Waals surface area contributed by atoms with Crippen LogP contribution in [0.2, 0.25) is 0 Å². The third kappa shape index (κ3) is 4.68. The molecule has 21 heavy (non-hydrogen) atoms. The molecule has 1 fully saturated rings. The fourth-order valence-corrected chi connectivity index (χ4v) is 2.35. The third-order valence-electron chi connectivity index (χ3n) is 3.16. The summed E-state index contributed by atoms with van der Waals surface area (Å²) in [7, 11) is 0. The lowest BCUT2D eigenvalue weighted by Crippen LogP contribution is -2.51. The van der Waals surface area contributed by atoms with Crippen molar-refractivity contribution in [3.05, 3.63) is 0 Å². The molecule has 2 rings (SSSR count). The van der Waals surface area contributed by atoms with Crippen molar-refractivity contribution in [2.24, 2.45) is 0 Å². The van der Waals surface area contributed by atoms with Gasteiger partial charge in [-0.3, -0.25) is 4.90 Å². The number of hydrogen-bond donors (Lipinski definition) is 2. The number of rotatable bonds is 5. The van der Waals surface area contributed by atoms with Gasteiger partial charge in [0, 0.05) is 32.7 Å². The Balaban J connectivity index is 1.98. The van der Waals surface area contributed by atoms with Crippen molar-refractivity contribution in [2.45, 2.75) is 26.4 Å². The topological polar surface area (TPSA) is 101 Å². The third-order valence-corrected chi connectivity index (χ3v) is 3.16. The minimum absolute atomic E-state index is 0.169. The zero-order chi connectivity index (χ0) is 15.5. The van der Waals surface area contributed by atoms with E-state index < -0.39 is 5.60 Å². The zero-order valence-corrected chi connectivity index (χ0v) is 12.9. The summed E-state index contributed by atoms with van der Waals surface area (Å²) in [6.45, 7) is 9.91. The van der Waals surface area contributed by atoms with Crippen molar-refractivity contribution >= 4 is 11.9 Å². The lowest BCUT2D eigenvalue weighted by atomic mass is 10.1. The number of hydrogen-bond acceptors (Lipinski definition) is 8. The molecule has 8 heteroatoms. The lowest BCUT2D eigenvalue weighted by Gasteiger charge is -2.37. The summed E-state index contributed by atoms with van der Waals surface area (Å²) in [5.41, 5.74) is 5.02. The number of ether oxygens (including phenoxy) is 1. The molecular weight excluding hydrogens is 272 g/mol. The molecule has 1 aliphatic heterocycles. The van der Waals surface area contributed by atoms with Gasteiger partial charge in [0.15, 0.2) is 0 Å². The molecule has 0 radical (unpaired) electrons. The van der Waals surface area contributed by atoms with E-state index in [0.29, 0.717) is 19.1 Å². The Morgan fingerprint density at radius 2 is 1.86 bits per heavy atom. The molecule has 0 aromatic carbocycles. The predicted octanol–water partition coefficient (Wildman–Crippen LogP) is -0.255. The molecule has 8 nitrogen and oxygen atoms in total. The molecular formula is C13H24N6O2. The maximum absolute atomic E-state index is 9.86. The van der Waals surface area contributed by atoms with Crippen LogP contribution in [0.5, 0.6) is 6.01 Å². The number of piperazine rings is 1. The minimum atomic E-state index is -0.679. The second-order valence-corrected chi connectivity index (χ2v) is 5.78. The Morgan fingerprint density at radius 3 is 2.43 bits per heavy atom. The van der Waals surface area contributed by atoms with Crippen LogP contribution in [-0.4, -0.2) is 69.9 Å². The van der Waals surface area contributed by atoms with Crippen molar-refractivity contribution < 1.29 is 9.84 Å². The SMILES string of the molecule is CCOc1nc(N)nc(N2CCN(CC(C)(C)O)CC2)n1. The Morgan fingerprint density at radius 1 is 1.19 bits per heavy atom. The van der Waals surface area contributed by atoms with E-state index in [1.54, 1.807) is 0 Å². The van der Waals surface area contributed by atoms with E-state index in [9.17, 15) is 5.11 Å². The van der Waals surface area contributed by atoms with Gasteiger partial charge in [-0.25, -0.2) is 0 Å². The molecule has 0 atom stereocenters. The van der Waals surface area contributed by atoms with Gasteiger partial charge in [0.05, 0.1) is 12.2 Å². The van der Waals surface area contributed by atoms with Crippen LogP contribution >= 0.6 is 0 Å². The summed E-state index contributed by atoms with van der Waals surface area (Å²) in [5, 5.41) is 9.86. The highest BCUT2D eigenvalue weighted by Gasteiger charge is 2.24. The van der Waals surface area contributed by atoms with Crippen LogP contribution in [-0.2, 0) is 0 Å². The molecule has 0 saturated carbocycles. The van der Waals surface area contributed by atoms with E-state index in [-0.39, 0.29) is 12.0 Å². The maximum atomic E-state index is 9.86. The van der Waals surface area contributed by atoms with E-state index in [0.717, 1.165) is 26.2 Å². The summed E-state index contributed by atoms with van der Waals surface area (Å²) in [6.07, 6.45) is 0. The van der Waals surface area contributed by atoms with Crippen LogP contribution in [0, 0.1) is 0 Å². The maximum Gasteiger partial charge on any atom is 0.323 e. The number of β-amino-alcohol motifs (C(OH)–C–C–N with tert-alkyl or cyclic N) is 1. The van der Waals surface area contributed by atoms with Crippen molar-refractivity contribution in [1.82, 2.24) is 19.9 Å². The number of aliphatic hydroxyl groups is 1. The largest absolute Gasteiger partial charge is 0.464 e. The fourth-order valence-electron chi connectivity index (χ4n) is 2.35. The molecule has 1 aliphatic rings. The Labute approximate surface area is 125 Å². The molecule has 0 unspecified atom stereocenters. The van der Waals surface area contributed by atoms with Gasteiger partial charge in [0.2, 0.25) is 11.9 Å². The lowest BCUT2D eigenvalue weighted by molar-refractivity contribution is 0.0344. The number of nitrogens with zero attached hydrogens (tertiary/aromatic N) is 5. The van der Waals surface area contributed by atoms with Crippen LogP contribution in [0.4, 0.5) is 11.9 Å². The van der Waals surface area contributed by atoms with Crippen LogP contribution in [0.3, 0.4) is 0 Å². The highest BCUT2D eigenvalue weighted by atomic mass is 16.5. The summed E-state index contributed by atoms with van der Waals surface area (Å²) in [5.74, 6) is 0.719. The Bertz CT molecular complexity index is 468. The van der Waals surface area contributed by atoms with E-state index in [1.807, 2.05) is 20.8 Å². The monoisotopic (exact) mass is 296 g/mol. The van der Waals surface area contributed by atoms with Gasteiger partial charge < -0.3 is 20.5 Å². The first-order chi connectivity index (χ1) is 9.87. The van der Waals surface area contributed by atoms with Crippen LogP contribution in [0.25, 0.3) is 0 Å². The minimum Gasteiger partial charge on any atom is -0.464 e. The van der Waals surface area contributed by atoms with Crippen molar-refractivity contribution in [3.8, 4) is 6.01 Å². The Hall–Kier alpha value is -1.67. The van der Waals surface area contributed by atoms with Gasteiger partial charge in [0.1, 0.15) is 0 Å². The second kappa shape index (κ2) is 6.40. The molecule has 1 aromatic heterocycles. The molecule has 0 bridgehead atoms. The first-order valence-corrected chi connectivity index (χ1v) is 7.21. The van der Waals surface area contributed by atoms with E-state index in [1.165, 1.54) is 0 Å². The van der Waals surface area contributed by atoms with Crippen LogP contribution in [0.1, 0.15) is 20.8 Å². The number of nitrogen functional groups attached to an aromatic ring is 1. The number of anilines is 2. The first-order valence-electron chi connectivity index (χ1n) is 7.21. The summed E-state index contributed by atoms with van der Waals surface area (Å²) >= 11 is 0. The molecule has 1 aromatic rings. The molecule has 0 amide bonds. The average molecular weight is 296 g/mol. The highest BCUT2D eigenvalue weighted by molar-refractivity contribution is 5.36. The smallest absolute Gasteiger partial charge is 0.323 e. The van der Waals surface area contributed by atoms with Crippen molar-refractivity contribution in [3.63, 3.8) is 0 Å². The van der Waals surface area contributed by atoms with Gasteiger partial charge >= 0.3 is 6.01 Å². The second-order valence-electron chi connectivity index (χ2n) is 5.78. The first kappa shape index (κ1) is 15.7. The molecule has 118 valence electrons. The van der Waals surface area contributed by atoms with Gasteiger partial charge in [-0.05, 0) is 20.8 Å². The predicted molar refractivity (Wildman–Crippen MR) is 80.4 cm³/mol. The van der Waals surface area contributed by atoms with Gasteiger partial charge in [0.25, 0.3) is 0 Å². The Kier molecular flexibility index (Phi) is 4.79. The van der Waals surface area contributed by atoms with Crippen LogP contribution < -0.4 is 15.4 Å². The van der Waals surface area contributed by atoms with Gasteiger partial charge in [-0.1, -0.05) is 0 Å². The summed E-state index contributed by atoms with van der Waals surface area (Å²) < 4.78 is 5.29. The quantitative estimate of drug-likeness (QED) is 0.767. The summed E-state index contributed by atoms with van der Waals surface area (Å²) in [4.78, 5) is 16.7. The molecule has 2 heterocycles. The van der Waals surface area contributed by atoms with E-state index >= 15 is 0 Å². The molecule has 0 aliphatic carbocycles. The van der Waals surface area contributed by atoms with Crippen LogP contribution in [0.15, 0.2) is 0 Å². The summed E-state index contributed by atoms with van der Waals surface area (Å²) in [6, 6.07) is 0.263. The van der Waals surface area contributed by atoms with E-state index in [2.05, 4.69) is 24.8 Å². The number of nitrogens with two attached hydrogens (primary N) is 1. The molecule has 1 saturated heterocycles.